The molecule has 0 radical (unpaired) electrons. The van der Waals surface area contributed by atoms with Crippen molar-refractivity contribution in [2.45, 2.75) is 51.5 Å². The Morgan fingerprint density at radius 3 is 2.24 bits per heavy atom. The minimum atomic E-state index is 0.232. The molecule has 1 N–H and O–H groups in total. The fraction of sp³-hybridized carbons (Fsp3) is 0.600. The van der Waals surface area contributed by atoms with Crippen molar-refractivity contribution < 1.29 is 0 Å². The normalized spacial score (nSPS) is 13.7. The molecule has 0 bridgehead atoms. The highest BCUT2D eigenvalue weighted by molar-refractivity contribution is 6.20. The zero-order valence-corrected chi connectivity index (χ0v) is 12.1. The Kier molecular flexibility index (Phi) is 5.48. The van der Waals surface area contributed by atoms with Crippen LogP contribution >= 0.6 is 11.6 Å². The highest BCUT2D eigenvalue weighted by atomic mass is 35.5. The predicted octanol–water partition coefficient (Wildman–Crippen LogP) is 4.09. The first-order valence-corrected chi connectivity index (χ1v) is 6.81. The van der Waals surface area contributed by atoms with Crippen LogP contribution in [0.25, 0.3) is 0 Å². The van der Waals surface area contributed by atoms with Gasteiger partial charge in [-0.1, -0.05) is 52.0 Å². The SMILES string of the molecule is CCC(Cl)CNCc1ccc(C(C)(C)C)cc1. The summed E-state index contributed by atoms with van der Waals surface area (Å²) in [6.07, 6.45) is 1.01. The molecular formula is C15H24ClN. The highest BCUT2D eigenvalue weighted by Gasteiger charge is 2.12. The van der Waals surface area contributed by atoms with Crippen LogP contribution in [-0.4, -0.2) is 11.9 Å². The Morgan fingerprint density at radius 2 is 1.76 bits per heavy atom. The summed E-state index contributed by atoms with van der Waals surface area (Å²) in [5.41, 5.74) is 2.93. The Bertz CT molecular complexity index is 324. The Morgan fingerprint density at radius 1 is 1.18 bits per heavy atom. The lowest BCUT2D eigenvalue weighted by Crippen LogP contribution is -2.22. The quantitative estimate of drug-likeness (QED) is 0.780. The maximum Gasteiger partial charge on any atom is 0.0458 e. The topological polar surface area (TPSA) is 12.0 Å². The monoisotopic (exact) mass is 253 g/mol. The largest absolute Gasteiger partial charge is 0.311 e. The van der Waals surface area contributed by atoms with Crippen molar-refractivity contribution in [1.82, 2.24) is 5.32 Å². The number of hydrogen-bond donors (Lipinski definition) is 1. The molecule has 0 fully saturated rings. The first kappa shape index (κ1) is 14.5. The lowest BCUT2D eigenvalue weighted by molar-refractivity contribution is 0.589. The Labute approximate surface area is 111 Å². The van der Waals surface area contributed by atoms with Crippen molar-refractivity contribution in [2.75, 3.05) is 6.54 Å². The molecule has 17 heavy (non-hydrogen) atoms. The standard InChI is InChI=1S/C15H24ClN/c1-5-14(16)11-17-10-12-6-8-13(9-7-12)15(2,3)4/h6-9,14,17H,5,10-11H2,1-4H3. The first-order valence-electron chi connectivity index (χ1n) is 6.37. The van der Waals surface area contributed by atoms with Crippen molar-refractivity contribution in [3.8, 4) is 0 Å². The molecule has 0 heterocycles. The zero-order chi connectivity index (χ0) is 12.9. The van der Waals surface area contributed by atoms with E-state index >= 15 is 0 Å². The van der Waals surface area contributed by atoms with Crippen molar-refractivity contribution in [2.24, 2.45) is 0 Å². The molecule has 0 saturated carbocycles. The minimum absolute atomic E-state index is 0.232. The number of halogens is 1. The molecule has 0 aliphatic heterocycles. The summed E-state index contributed by atoms with van der Waals surface area (Å²) in [5.74, 6) is 0. The average Bonchev–Trinajstić information content (AvgIpc) is 2.28. The van der Waals surface area contributed by atoms with Crippen LogP contribution in [0, 0.1) is 0 Å². The molecule has 2 heteroatoms. The van der Waals surface area contributed by atoms with Crippen LogP contribution in [0.15, 0.2) is 24.3 Å². The third-order valence-electron chi connectivity index (χ3n) is 2.96. The third kappa shape index (κ3) is 5.10. The van der Waals surface area contributed by atoms with Crippen LogP contribution in [0.5, 0.6) is 0 Å². The van der Waals surface area contributed by atoms with Crippen LogP contribution < -0.4 is 5.32 Å². The lowest BCUT2D eigenvalue weighted by atomic mass is 9.87. The maximum atomic E-state index is 6.05. The van der Waals surface area contributed by atoms with Gasteiger partial charge in [-0.25, -0.2) is 0 Å². The van der Waals surface area contributed by atoms with Gasteiger partial charge in [0.2, 0.25) is 0 Å². The second-order valence-corrected chi connectivity index (χ2v) is 6.20. The lowest BCUT2D eigenvalue weighted by Gasteiger charge is -2.19. The van der Waals surface area contributed by atoms with Crippen LogP contribution in [0.4, 0.5) is 0 Å². The molecule has 0 aromatic heterocycles. The smallest absolute Gasteiger partial charge is 0.0458 e. The minimum Gasteiger partial charge on any atom is -0.311 e. The zero-order valence-electron chi connectivity index (χ0n) is 11.4. The van der Waals surface area contributed by atoms with Gasteiger partial charge in [-0.05, 0) is 23.0 Å². The van der Waals surface area contributed by atoms with E-state index in [1.54, 1.807) is 0 Å². The number of nitrogens with one attached hydrogen (secondary N) is 1. The predicted molar refractivity (Wildman–Crippen MR) is 76.8 cm³/mol. The molecular weight excluding hydrogens is 230 g/mol. The number of benzene rings is 1. The molecule has 0 spiro atoms. The Balaban J connectivity index is 2.46. The molecule has 1 aromatic rings. The number of rotatable bonds is 5. The van der Waals surface area contributed by atoms with Crippen LogP contribution in [0.2, 0.25) is 0 Å². The first-order chi connectivity index (χ1) is 7.93. The van der Waals surface area contributed by atoms with Gasteiger partial charge >= 0.3 is 0 Å². The van der Waals surface area contributed by atoms with Crippen molar-refractivity contribution in [3.05, 3.63) is 35.4 Å². The van der Waals surface area contributed by atoms with Crippen LogP contribution in [0.3, 0.4) is 0 Å². The van der Waals surface area contributed by atoms with E-state index in [4.69, 9.17) is 11.6 Å². The maximum absolute atomic E-state index is 6.05. The summed E-state index contributed by atoms with van der Waals surface area (Å²) in [7, 11) is 0. The molecule has 0 saturated heterocycles. The van der Waals surface area contributed by atoms with Crippen molar-refractivity contribution in [3.63, 3.8) is 0 Å². The van der Waals surface area contributed by atoms with Gasteiger partial charge < -0.3 is 5.32 Å². The molecule has 1 atom stereocenters. The van der Waals surface area contributed by atoms with E-state index in [0.29, 0.717) is 0 Å². The summed E-state index contributed by atoms with van der Waals surface area (Å²) < 4.78 is 0. The summed E-state index contributed by atoms with van der Waals surface area (Å²) in [5, 5.41) is 3.62. The van der Waals surface area contributed by atoms with E-state index in [2.05, 4.69) is 57.3 Å². The Hall–Kier alpha value is -0.530. The van der Waals surface area contributed by atoms with Crippen LogP contribution in [-0.2, 0) is 12.0 Å². The van der Waals surface area contributed by atoms with Crippen molar-refractivity contribution >= 4 is 11.6 Å². The van der Waals surface area contributed by atoms with E-state index in [9.17, 15) is 0 Å². The molecule has 1 rings (SSSR count). The van der Waals surface area contributed by atoms with Gasteiger partial charge in [0, 0.05) is 18.5 Å². The molecule has 1 aromatic carbocycles. The molecule has 1 nitrogen and oxygen atoms in total. The summed E-state index contributed by atoms with van der Waals surface area (Å²) in [4.78, 5) is 0. The van der Waals surface area contributed by atoms with E-state index < -0.39 is 0 Å². The molecule has 96 valence electrons. The highest BCUT2D eigenvalue weighted by Crippen LogP contribution is 2.22. The van der Waals surface area contributed by atoms with Gasteiger partial charge in [0.15, 0.2) is 0 Å². The third-order valence-corrected chi connectivity index (χ3v) is 3.42. The van der Waals surface area contributed by atoms with Crippen molar-refractivity contribution in [1.29, 1.82) is 0 Å². The van der Waals surface area contributed by atoms with Gasteiger partial charge in [0.05, 0.1) is 0 Å². The molecule has 0 amide bonds. The fourth-order valence-electron chi connectivity index (χ4n) is 1.64. The second kappa shape index (κ2) is 6.42. The summed E-state index contributed by atoms with van der Waals surface area (Å²) in [6, 6.07) is 8.83. The fourth-order valence-corrected chi connectivity index (χ4v) is 1.75. The van der Waals surface area contributed by atoms with E-state index in [-0.39, 0.29) is 10.8 Å². The number of hydrogen-bond acceptors (Lipinski definition) is 1. The molecule has 1 unspecified atom stereocenters. The van der Waals surface area contributed by atoms with Gasteiger partial charge in [0.25, 0.3) is 0 Å². The number of alkyl halides is 1. The average molecular weight is 254 g/mol. The van der Waals surface area contributed by atoms with E-state index in [0.717, 1.165) is 19.5 Å². The van der Waals surface area contributed by atoms with Gasteiger partial charge in [-0.15, -0.1) is 11.6 Å². The van der Waals surface area contributed by atoms with Gasteiger partial charge in [0.1, 0.15) is 0 Å². The van der Waals surface area contributed by atoms with Gasteiger partial charge in [-0.2, -0.15) is 0 Å². The molecule has 0 aliphatic rings. The summed E-state index contributed by atoms with van der Waals surface area (Å²) in [6.45, 7) is 10.6. The van der Waals surface area contributed by atoms with Gasteiger partial charge in [-0.3, -0.25) is 0 Å². The second-order valence-electron chi connectivity index (χ2n) is 5.58. The molecule has 0 aliphatic carbocycles. The van der Waals surface area contributed by atoms with E-state index in [1.807, 2.05) is 0 Å². The van der Waals surface area contributed by atoms with E-state index in [1.165, 1.54) is 11.1 Å². The van der Waals surface area contributed by atoms with Crippen LogP contribution in [0.1, 0.15) is 45.2 Å². The summed E-state index contributed by atoms with van der Waals surface area (Å²) >= 11 is 6.05.